The van der Waals surface area contributed by atoms with Crippen LogP contribution >= 0.6 is 11.6 Å². The van der Waals surface area contributed by atoms with E-state index in [4.69, 9.17) is 11.6 Å². The molecule has 4 nitrogen and oxygen atoms in total. The summed E-state index contributed by atoms with van der Waals surface area (Å²) in [5.41, 5.74) is 2.80. The number of nitrogens with zero attached hydrogens (tertiary/aromatic N) is 1. The third-order valence-corrected chi connectivity index (χ3v) is 6.52. The zero-order valence-corrected chi connectivity index (χ0v) is 18.0. The van der Waals surface area contributed by atoms with Crippen LogP contribution in [0.5, 0.6) is 0 Å². The second kappa shape index (κ2) is 8.69. The fraction of sp³-hybridized carbons (Fsp3) is 0.0417. The van der Waals surface area contributed by atoms with Gasteiger partial charge in [0.2, 0.25) is 0 Å². The van der Waals surface area contributed by atoms with Crippen LogP contribution < -0.4 is 4.31 Å². The average molecular weight is 438 g/mol. The highest BCUT2D eigenvalue weighted by Crippen LogP contribution is 2.36. The highest BCUT2D eigenvalue weighted by atomic mass is 35.5. The minimum atomic E-state index is -4.20. The maximum absolute atomic E-state index is 13.4. The van der Waals surface area contributed by atoms with E-state index in [0.717, 1.165) is 21.5 Å². The van der Waals surface area contributed by atoms with Crippen molar-refractivity contribution in [1.29, 1.82) is 0 Å². The third kappa shape index (κ3) is 4.22. The van der Waals surface area contributed by atoms with Crippen molar-refractivity contribution in [1.82, 2.24) is 0 Å². The summed E-state index contributed by atoms with van der Waals surface area (Å²) in [5.74, 6) is -0.778. The Hall–Kier alpha value is -3.15. The summed E-state index contributed by atoms with van der Waals surface area (Å²) in [7, 11) is -4.20. The number of hydrogen-bond acceptors (Lipinski definition) is 3. The van der Waals surface area contributed by atoms with Crippen LogP contribution in [0, 0.1) is 6.92 Å². The second-order valence-corrected chi connectivity index (χ2v) is 8.85. The molecule has 3 aromatic rings. The lowest BCUT2D eigenvalue weighted by Crippen LogP contribution is -2.36. The lowest BCUT2D eigenvalue weighted by molar-refractivity contribution is -0.113. The Morgan fingerprint density at radius 1 is 1.00 bits per heavy atom. The van der Waals surface area contributed by atoms with Crippen LogP contribution in [0.4, 0.5) is 5.69 Å². The van der Waals surface area contributed by atoms with Crippen molar-refractivity contribution < 1.29 is 13.2 Å². The molecule has 0 fully saturated rings. The van der Waals surface area contributed by atoms with Gasteiger partial charge in [-0.1, -0.05) is 72.8 Å². The fourth-order valence-electron chi connectivity index (χ4n) is 2.99. The zero-order chi connectivity index (χ0) is 21.9. The lowest BCUT2D eigenvalue weighted by Gasteiger charge is -2.25. The molecule has 0 bridgehead atoms. The molecule has 1 amide bonds. The number of aryl methyl sites for hydroxylation is 1. The number of hydrogen-bond donors (Lipinski definition) is 0. The van der Waals surface area contributed by atoms with Gasteiger partial charge in [-0.15, -0.1) is 0 Å². The van der Waals surface area contributed by atoms with Crippen LogP contribution in [0.25, 0.3) is 5.57 Å². The summed E-state index contributed by atoms with van der Waals surface area (Å²) in [6, 6.07) is 20.2. The first kappa shape index (κ1) is 21.6. The number of benzene rings is 3. The van der Waals surface area contributed by atoms with Crippen LogP contribution in [-0.2, 0) is 14.8 Å². The van der Waals surface area contributed by atoms with Gasteiger partial charge in [0.25, 0.3) is 15.9 Å². The fourth-order valence-corrected chi connectivity index (χ4v) is 4.58. The van der Waals surface area contributed by atoms with E-state index < -0.39 is 15.9 Å². The van der Waals surface area contributed by atoms with E-state index in [2.05, 4.69) is 13.2 Å². The molecule has 6 heteroatoms. The number of halogens is 1. The van der Waals surface area contributed by atoms with Gasteiger partial charge in [0, 0.05) is 10.6 Å². The lowest BCUT2D eigenvalue weighted by atomic mass is 9.98. The Kier molecular flexibility index (Phi) is 6.25. The molecule has 0 radical (unpaired) electrons. The van der Waals surface area contributed by atoms with E-state index in [1.165, 1.54) is 24.3 Å². The Morgan fingerprint density at radius 3 is 2.23 bits per heavy atom. The largest absolute Gasteiger partial charge is 0.271 e. The maximum Gasteiger partial charge on any atom is 0.271 e. The molecule has 0 saturated heterocycles. The molecule has 0 aliphatic rings. The first-order chi connectivity index (χ1) is 14.3. The van der Waals surface area contributed by atoms with Crippen LogP contribution in [0.1, 0.15) is 16.7 Å². The molecule has 0 spiro atoms. The Bertz CT molecular complexity index is 1220. The van der Waals surface area contributed by atoms with Crippen LogP contribution in [0.2, 0.25) is 5.02 Å². The van der Waals surface area contributed by atoms with E-state index >= 15 is 0 Å². The monoisotopic (exact) mass is 437 g/mol. The van der Waals surface area contributed by atoms with Gasteiger partial charge >= 0.3 is 0 Å². The third-order valence-electron chi connectivity index (χ3n) is 4.56. The molecule has 0 aromatic heterocycles. The summed E-state index contributed by atoms with van der Waals surface area (Å²) in [6.45, 7) is 9.44. The Balaban J connectivity index is 2.23. The van der Waals surface area contributed by atoms with Gasteiger partial charge < -0.3 is 0 Å². The summed E-state index contributed by atoms with van der Waals surface area (Å²) < 4.78 is 27.6. The summed E-state index contributed by atoms with van der Waals surface area (Å²) in [5, 5.41) is 0.393. The minimum absolute atomic E-state index is 0.00507. The van der Waals surface area contributed by atoms with Gasteiger partial charge in [-0.2, -0.15) is 4.31 Å². The van der Waals surface area contributed by atoms with Crippen molar-refractivity contribution in [2.45, 2.75) is 11.8 Å². The molecule has 0 N–H and O–H groups in total. The van der Waals surface area contributed by atoms with Gasteiger partial charge in [-0.3, -0.25) is 4.79 Å². The summed E-state index contributed by atoms with van der Waals surface area (Å²) in [4.78, 5) is 12.8. The van der Waals surface area contributed by atoms with Crippen molar-refractivity contribution in [2.75, 3.05) is 4.31 Å². The smallest absolute Gasteiger partial charge is 0.268 e. The van der Waals surface area contributed by atoms with Crippen LogP contribution in [0.3, 0.4) is 0 Å². The quantitative estimate of drug-likeness (QED) is 0.470. The van der Waals surface area contributed by atoms with E-state index in [1.807, 2.05) is 37.3 Å². The van der Waals surface area contributed by atoms with Gasteiger partial charge in [0.05, 0.1) is 10.6 Å². The van der Waals surface area contributed by atoms with Crippen LogP contribution in [0.15, 0.2) is 96.9 Å². The SMILES string of the molecule is C=CC(=O)N(c1ccc(Cl)cc1C(=C)c1ccccc1)S(=O)(=O)c1ccc(C)cc1. The van der Waals surface area contributed by atoms with E-state index in [0.29, 0.717) is 16.2 Å². The normalized spacial score (nSPS) is 11.0. The number of amides is 1. The average Bonchev–Trinajstić information content (AvgIpc) is 2.75. The topological polar surface area (TPSA) is 54.5 Å². The number of carbonyl (C=O) groups excluding carboxylic acids is 1. The van der Waals surface area contributed by atoms with Crippen molar-refractivity contribution in [3.63, 3.8) is 0 Å². The molecule has 30 heavy (non-hydrogen) atoms. The number of anilines is 1. The molecule has 0 atom stereocenters. The van der Waals surface area contributed by atoms with E-state index in [1.54, 1.807) is 18.2 Å². The molecule has 0 aliphatic carbocycles. The molecule has 0 heterocycles. The molecular weight excluding hydrogens is 418 g/mol. The standard InChI is InChI=1S/C24H20ClNO3S/c1-4-24(27)26(30(28,29)21-13-10-17(2)11-14-21)23-15-12-20(25)16-22(23)18(3)19-8-6-5-7-9-19/h4-16H,1,3H2,2H3. The molecule has 0 aliphatic heterocycles. The minimum Gasteiger partial charge on any atom is -0.268 e. The predicted molar refractivity (Wildman–Crippen MR) is 122 cm³/mol. The molecule has 3 aromatic carbocycles. The first-order valence-electron chi connectivity index (χ1n) is 9.08. The molecule has 0 unspecified atom stereocenters. The van der Waals surface area contributed by atoms with Gasteiger partial charge in [0.15, 0.2) is 0 Å². The first-order valence-corrected chi connectivity index (χ1v) is 10.9. The van der Waals surface area contributed by atoms with Gasteiger partial charge in [-0.25, -0.2) is 8.42 Å². The number of rotatable bonds is 6. The molecule has 3 rings (SSSR count). The molecule has 152 valence electrons. The van der Waals surface area contributed by atoms with Crippen molar-refractivity contribution >= 4 is 38.8 Å². The van der Waals surface area contributed by atoms with Gasteiger partial charge in [0.1, 0.15) is 0 Å². The van der Waals surface area contributed by atoms with E-state index in [-0.39, 0.29) is 10.6 Å². The highest BCUT2D eigenvalue weighted by Gasteiger charge is 2.31. The Morgan fingerprint density at radius 2 is 1.63 bits per heavy atom. The summed E-state index contributed by atoms with van der Waals surface area (Å²) >= 11 is 6.20. The number of carbonyl (C=O) groups is 1. The molecular formula is C24H20ClNO3S. The molecule has 0 saturated carbocycles. The van der Waals surface area contributed by atoms with Crippen molar-refractivity contribution in [3.8, 4) is 0 Å². The van der Waals surface area contributed by atoms with Crippen molar-refractivity contribution in [3.05, 3.63) is 114 Å². The predicted octanol–water partition coefficient (Wildman–Crippen LogP) is 5.62. The highest BCUT2D eigenvalue weighted by molar-refractivity contribution is 7.93. The van der Waals surface area contributed by atoms with Crippen LogP contribution in [-0.4, -0.2) is 14.3 Å². The number of sulfonamides is 1. The Labute approximate surface area is 181 Å². The summed E-state index contributed by atoms with van der Waals surface area (Å²) in [6.07, 6.45) is 0.968. The van der Waals surface area contributed by atoms with E-state index in [9.17, 15) is 13.2 Å². The second-order valence-electron chi connectivity index (χ2n) is 6.63. The maximum atomic E-state index is 13.4. The zero-order valence-electron chi connectivity index (χ0n) is 16.4. The van der Waals surface area contributed by atoms with Crippen molar-refractivity contribution in [2.24, 2.45) is 0 Å². The van der Waals surface area contributed by atoms with Gasteiger partial charge in [-0.05, 0) is 54.5 Å².